The molecule has 136 valence electrons. The molecular formula is C17H20N6O3. The number of nitrogens with zero attached hydrogens (tertiary/aromatic N) is 4. The van der Waals surface area contributed by atoms with Gasteiger partial charge in [0.15, 0.2) is 5.82 Å². The molecule has 0 aliphatic carbocycles. The molecule has 0 bridgehead atoms. The Hall–Kier alpha value is -2.78. The van der Waals surface area contributed by atoms with Gasteiger partial charge in [0.05, 0.1) is 24.5 Å². The van der Waals surface area contributed by atoms with Crippen LogP contribution in [0.3, 0.4) is 0 Å². The van der Waals surface area contributed by atoms with E-state index in [0.717, 1.165) is 11.3 Å². The number of fused-ring (bicyclic) bond motifs is 1. The fourth-order valence-corrected chi connectivity index (χ4v) is 3.44. The van der Waals surface area contributed by atoms with Crippen LogP contribution in [0.25, 0.3) is 11.5 Å². The monoisotopic (exact) mass is 356 g/mol. The van der Waals surface area contributed by atoms with E-state index in [4.69, 9.17) is 4.98 Å². The Bertz CT molecular complexity index is 877. The molecule has 2 aliphatic heterocycles. The summed E-state index contributed by atoms with van der Waals surface area (Å²) in [5.41, 5.74) is 2.59. The van der Waals surface area contributed by atoms with E-state index in [9.17, 15) is 14.7 Å². The van der Waals surface area contributed by atoms with Gasteiger partial charge in [-0.05, 0) is 18.6 Å². The SMILES string of the molecule is CCn1c(N2CCC(=O)NC2=O)cnc1-c1ccc2c(n1)[C@@H](CO)NC2. The fraction of sp³-hybridized carbons (Fsp3) is 0.412. The second kappa shape index (κ2) is 6.50. The van der Waals surface area contributed by atoms with Gasteiger partial charge < -0.3 is 15.0 Å². The van der Waals surface area contributed by atoms with E-state index in [1.165, 1.54) is 4.90 Å². The van der Waals surface area contributed by atoms with E-state index in [1.54, 1.807) is 6.20 Å². The third kappa shape index (κ3) is 2.65. The lowest BCUT2D eigenvalue weighted by atomic mass is 10.1. The largest absolute Gasteiger partial charge is 0.394 e. The average Bonchev–Trinajstić information content (AvgIpc) is 3.24. The first-order valence-electron chi connectivity index (χ1n) is 8.63. The van der Waals surface area contributed by atoms with E-state index in [1.807, 2.05) is 23.6 Å². The Balaban J connectivity index is 1.72. The predicted octanol–water partition coefficient (Wildman–Crippen LogP) is 0.548. The summed E-state index contributed by atoms with van der Waals surface area (Å²) in [6, 6.07) is 3.28. The van der Waals surface area contributed by atoms with E-state index < -0.39 is 6.03 Å². The van der Waals surface area contributed by atoms with E-state index >= 15 is 0 Å². The highest BCUT2D eigenvalue weighted by Gasteiger charge is 2.29. The molecule has 3 amide bonds. The van der Waals surface area contributed by atoms with E-state index in [0.29, 0.717) is 37.0 Å². The van der Waals surface area contributed by atoms with Gasteiger partial charge in [0.2, 0.25) is 5.91 Å². The molecule has 1 fully saturated rings. The van der Waals surface area contributed by atoms with Gasteiger partial charge in [0.1, 0.15) is 11.5 Å². The number of hydrogen-bond acceptors (Lipinski definition) is 6. The van der Waals surface area contributed by atoms with Crippen LogP contribution in [0.4, 0.5) is 10.6 Å². The van der Waals surface area contributed by atoms with Crippen molar-refractivity contribution in [2.45, 2.75) is 32.5 Å². The van der Waals surface area contributed by atoms with Crippen LogP contribution in [0.15, 0.2) is 18.3 Å². The third-order valence-corrected chi connectivity index (χ3v) is 4.77. The van der Waals surface area contributed by atoms with E-state index in [2.05, 4.69) is 15.6 Å². The summed E-state index contributed by atoms with van der Waals surface area (Å²) in [5.74, 6) is 1.02. The number of imidazole rings is 1. The van der Waals surface area contributed by atoms with Crippen LogP contribution in [0.2, 0.25) is 0 Å². The molecule has 4 heterocycles. The van der Waals surface area contributed by atoms with Gasteiger partial charge in [-0.2, -0.15) is 0 Å². The van der Waals surface area contributed by atoms with Gasteiger partial charge in [-0.25, -0.2) is 14.8 Å². The van der Waals surface area contributed by atoms with Crippen molar-refractivity contribution in [3.8, 4) is 11.5 Å². The highest BCUT2D eigenvalue weighted by atomic mass is 16.3. The Morgan fingerprint density at radius 1 is 1.35 bits per heavy atom. The lowest BCUT2D eigenvalue weighted by Crippen LogP contribution is -2.50. The molecule has 1 atom stereocenters. The first kappa shape index (κ1) is 16.7. The maximum atomic E-state index is 12.2. The lowest BCUT2D eigenvalue weighted by Gasteiger charge is -2.27. The average molecular weight is 356 g/mol. The zero-order chi connectivity index (χ0) is 18.3. The van der Waals surface area contributed by atoms with Crippen molar-refractivity contribution in [1.82, 2.24) is 25.2 Å². The number of amides is 3. The van der Waals surface area contributed by atoms with E-state index in [-0.39, 0.29) is 25.0 Å². The minimum Gasteiger partial charge on any atom is -0.394 e. The number of rotatable bonds is 4. The van der Waals surface area contributed by atoms with Gasteiger partial charge in [-0.3, -0.25) is 15.0 Å². The van der Waals surface area contributed by atoms with Crippen molar-refractivity contribution >= 4 is 17.8 Å². The molecule has 0 aromatic carbocycles. The molecule has 0 unspecified atom stereocenters. The van der Waals surface area contributed by atoms with Gasteiger partial charge in [0, 0.05) is 26.1 Å². The Morgan fingerprint density at radius 2 is 2.19 bits per heavy atom. The Labute approximate surface area is 150 Å². The highest BCUT2D eigenvalue weighted by Crippen LogP contribution is 2.29. The minimum absolute atomic E-state index is 0.0150. The molecule has 3 N–H and O–H groups in total. The Kier molecular flexibility index (Phi) is 4.17. The molecule has 26 heavy (non-hydrogen) atoms. The molecule has 4 rings (SSSR count). The number of aliphatic hydroxyl groups excluding tert-OH is 1. The number of pyridine rings is 1. The van der Waals surface area contributed by atoms with Crippen LogP contribution >= 0.6 is 0 Å². The topological polar surface area (TPSA) is 112 Å². The summed E-state index contributed by atoms with van der Waals surface area (Å²) < 4.78 is 1.90. The molecule has 2 aromatic heterocycles. The van der Waals surface area contributed by atoms with Crippen LogP contribution in [-0.4, -0.2) is 44.7 Å². The van der Waals surface area contributed by atoms with Crippen LogP contribution in [0, 0.1) is 0 Å². The molecule has 0 spiro atoms. The summed E-state index contributed by atoms with van der Waals surface area (Å²) in [4.78, 5) is 34.2. The van der Waals surface area contributed by atoms with Crippen molar-refractivity contribution < 1.29 is 14.7 Å². The van der Waals surface area contributed by atoms with Crippen molar-refractivity contribution in [3.05, 3.63) is 29.6 Å². The van der Waals surface area contributed by atoms with Crippen molar-refractivity contribution in [2.75, 3.05) is 18.1 Å². The summed E-state index contributed by atoms with van der Waals surface area (Å²) >= 11 is 0. The summed E-state index contributed by atoms with van der Waals surface area (Å²) in [6.07, 6.45) is 1.89. The maximum Gasteiger partial charge on any atom is 0.329 e. The first-order valence-corrected chi connectivity index (χ1v) is 8.63. The molecular weight excluding hydrogens is 336 g/mol. The summed E-state index contributed by atoms with van der Waals surface area (Å²) in [5, 5.41) is 15.0. The normalized spacial score (nSPS) is 19.6. The number of anilines is 1. The fourth-order valence-electron chi connectivity index (χ4n) is 3.44. The standard InChI is InChI=1S/C17H20N6O3/c1-2-22-14(23-6-5-13(25)21-17(23)26)8-19-16(22)11-4-3-10-7-18-12(9-24)15(10)20-11/h3-4,8,12,18,24H,2,5-7,9H2,1H3,(H,21,25,26)/t12-/m1/s1. The predicted molar refractivity (Wildman–Crippen MR) is 93.3 cm³/mol. The second-order valence-electron chi connectivity index (χ2n) is 6.30. The first-order chi connectivity index (χ1) is 12.6. The number of carbonyl (C=O) groups excluding carboxylic acids is 2. The van der Waals surface area contributed by atoms with Crippen LogP contribution in [0.1, 0.15) is 30.6 Å². The molecule has 0 saturated carbocycles. The number of urea groups is 1. The number of aromatic nitrogens is 3. The number of aliphatic hydroxyl groups is 1. The van der Waals surface area contributed by atoms with Gasteiger partial charge >= 0.3 is 6.03 Å². The second-order valence-corrected chi connectivity index (χ2v) is 6.30. The number of carbonyl (C=O) groups is 2. The quantitative estimate of drug-likeness (QED) is 0.737. The number of hydrogen-bond donors (Lipinski definition) is 3. The lowest BCUT2D eigenvalue weighted by molar-refractivity contribution is -0.120. The molecule has 9 nitrogen and oxygen atoms in total. The van der Waals surface area contributed by atoms with Crippen molar-refractivity contribution in [1.29, 1.82) is 0 Å². The molecule has 1 saturated heterocycles. The molecule has 9 heteroatoms. The number of imide groups is 1. The molecule has 0 radical (unpaired) electrons. The maximum absolute atomic E-state index is 12.2. The third-order valence-electron chi connectivity index (χ3n) is 4.77. The zero-order valence-electron chi connectivity index (χ0n) is 14.4. The van der Waals surface area contributed by atoms with Gasteiger partial charge in [-0.1, -0.05) is 6.07 Å². The molecule has 2 aliphatic rings. The Morgan fingerprint density at radius 3 is 2.92 bits per heavy atom. The molecule has 2 aromatic rings. The van der Waals surface area contributed by atoms with Crippen LogP contribution in [0.5, 0.6) is 0 Å². The van der Waals surface area contributed by atoms with Crippen LogP contribution in [-0.2, 0) is 17.9 Å². The van der Waals surface area contributed by atoms with Gasteiger partial charge in [-0.15, -0.1) is 0 Å². The minimum atomic E-state index is -0.436. The smallest absolute Gasteiger partial charge is 0.329 e. The summed E-state index contributed by atoms with van der Waals surface area (Å²) in [6.45, 7) is 3.56. The summed E-state index contributed by atoms with van der Waals surface area (Å²) in [7, 11) is 0. The van der Waals surface area contributed by atoms with Gasteiger partial charge in [0.25, 0.3) is 0 Å². The van der Waals surface area contributed by atoms with Crippen molar-refractivity contribution in [2.24, 2.45) is 0 Å². The van der Waals surface area contributed by atoms with Crippen molar-refractivity contribution in [3.63, 3.8) is 0 Å². The number of nitrogens with one attached hydrogen (secondary N) is 2. The highest BCUT2D eigenvalue weighted by molar-refractivity contribution is 6.05. The van der Waals surface area contributed by atoms with Crippen LogP contribution < -0.4 is 15.5 Å². The zero-order valence-corrected chi connectivity index (χ0v) is 14.4.